The first-order valence-corrected chi connectivity index (χ1v) is 10.3. The van der Waals surface area contributed by atoms with Gasteiger partial charge in [-0.05, 0) is 42.8 Å². The molecular formula is C20H23N5O2S. The first-order chi connectivity index (χ1) is 13.7. The summed E-state index contributed by atoms with van der Waals surface area (Å²) in [6.07, 6.45) is 5.68. The Kier molecular flexibility index (Phi) is 5.78. The van der Waals surface area contributed by atoms with Gasteiger partial charge in [-0.25, -0.2) is 9.97 Å². The minimum Gasteiger partial charge on any atom is -0.379 e. The number of amides is 1. The zero-order chi connectivity index (χ0) is 19.3. The van der Waals surface area contributed by atoms with Crippen LogP contribution < -0.4 is 10.6 Å². The molecule has 146 valence electrons. The van der Waals surface area contributed by atoms with Crippen LogP contribution in [0.5, 0.6) is 0 Å². The van der Waals surface area contributed by atoms with E-state index in [4.69, 9.17) is 4.74 Å². The first-order valence-electron chi connectivity index (χ1n) is 9.39. The van der Waals surface area contributed by atoms with Crippen molar-refractivity contribution < 1.29 is 9.53 Å². The number of hydrogen-bond acceptors (Lipinski definition) is 7. The molecule has 3 atom stereocenters. The van der Waals surface area contributed by atoms with Gasteiger partial charge in [-0.3, -0.25) is 9.78 Å². The third-order valence-corrected chi connectivity index (χ3v) is 6.03. The highest BCUT2D eigenvalue weighted by Crippen LogP contribution is 2.31. The van der Waals surface area contributed by atoms with E-state index >= 15 is 0 Å². The average molecular weight is 398 g/mol. The molecule has 7 nitrogen and oxygen atoms in total. The molecule has 1 aliphatic carbocycles. The molecule has 4 rings (SSSR count). The number of carbonyl (C=O) groups is 1. The molecule has 0 bridgehead atoms. The summed E-state index contributed by atoms with van der Waals surface area (Å²) in [5.41, 5.74) is 0.858. The summed E-state index contributed by atoms with van der Waals surface area (Å²) in [6.45, 7) is 0.448. The molecule has 0 saturated heterocycles. The Morgan fingerprint density at radius 3 is 3.00 bits per heavy atom. The number of carbonyl (C=O) groups excluding carboxylic acids is 1. The second kappa shape index (κ2) is 8.62. The van der Waals surface area contributed by atoms with Gasteiger partial charge in [0.05, 0.1) is 29.8 Å². The first kappa shape index (κ1) is 18.8. The van der Waals surface area contributed by atoms with Gasteiger partial charge >= 0.3 is 0 Å². The van der Waals surface area contributed by atoms with Gasteiger partial charge in [-0.15, -0.1) is 11.3 Å². The summed E-state index contributed by atoms with van der Waals surface area (Å²) in [5, 5.41) is 9.54. The molecular weight excluding hydrogens is 374 g/mol. The van der Waals surface area contributed by atoms with Crippen molar-refractivity contribution in [3.8, 4) is 0 Å². The monoisotopic (exact) mass is 397 g/mol. The molecule has 0 aromatic carbocycles. The van der Waals surface area contributed by atoms with Gasteiger partial charge in [0.1, 0.15) is 17.0 Å². The fourth-order valence-corrected chi connectivity index (χ4v) is 4.45. The number of ether oxygens (including phenoxy) is 1. The number of aromatic nitrogens is 3. The Labute approximate surface area is 167 Å². The Balaban J connectivity index is 1.43. The average Bonchev–Trinajstić information content (AvgIpc) is 3.23. The molecule has 0 radical (unpaired) electrons. The van der Waals surface area contributed by atoms with Crippen molar-refractivity contribution in [2.24, 2.45) is 5.92 Å². The lowest BCUT2D eigenvalue weighted by Crippen LogP contribution is -2.45. The maximum atomic E-state index is 12.7. The molecule has 8 heteroatoms. The molecule has 0 spiro atoms. The number of thiophene rings is 1. The van der Waals surface area contributed by atoms with Crippen LogP contribution in [0.15, 0.2) is 42.2 Å². The van der Waals surface area contributed by atoms with Crippen LogP contribution in [0.1, 0.15) is 25.0 Å². The summed E-state index contributed by atoms with van der Waals surface area (Å²) in [7, 11) is 1.72. The Hall–Kier alpha value is -2.58. The van der Waals surface area contributed by atoms with Crippen molar-refractivity contribution in [2.75, 3.05) is 12.4 Å². The number of rotatable bonds is 6. The predicted octanol–water partition coefficient (Wildman–Crippen LogP) is 3.00. The number of nitrogens with zero attached hydrogens (tertiary/aromatic N) is 3. The van der Waals surface area contributed by atoms with Crippen molar-refractivity contribution in [3.63, 3.8) is 0 Å². The molecule has 28 heavy (non-hydrogen) atoms. The number of pyridine rings is 1. The van der Waals surface area contributed by atoms with Crippen LogP contribution in [0.2, 0.25) is 0 Å². The van der Waals surface area contributed by atoms with Gasteiger partial charge < -0.3 is 15.4 Å². The van der Waals surface area contributed by atoms with E-state index in [1.807, 2.05) is 29.6 Å². The third-order valence-electron chi connectivity index (χ3n) is 5.21. The van der Waals surface area contributed by atoms with Crippen LogP contribution in [0, 0.1) is 5.92 Å². The number of hydrogen-bond donors (Lipinski definition) is 2. The second-order valence-corrected chi connectivity index (χ2v) is 7.83. The van der Waals surface area contributed by atoms with Gasteiger partial charge in [0, 0.05) is 19.2 Å². The highest BCUT2D eigenvalue weighted by molar-refractivity contribution is 7.16. The van der Waals surface area contributed by atoms with Crippen LogP contribution in [-0.2, 0) is 16.1 Å². The summed E-state index contributed by atoms with van der Waals surface area (Å²) < 4.78 is 5.68. The molecule has 1 fully saturated rings. The predicted molar refractivity (Wildman–Crippen MR) is 109 cm³/mol. The lowest BCUT2D eigenvalue weighted by atomic mass is 9.83. The summed E-state index contributed by atoms with van der Waals surface area (Å²) in [5.74, 6) is 0.802. The van der Waals surface area contributed by atoms with Crippen molar-refractivity contribution in [1.29, 1.82) is 0 Å². The van der Waals surface area contributed by atoms with Crippen molar-refractivity contribution in [3.05, 3.63) is 47.9 Å². The molecule has 2 N–H and O–H groups in total. The summed E-state index contributed by atoms with van der Waals surface area (Å²) in [6, 6.07) is 7.73. The van der Waals surface area contributed by atoms with E-state index in [0.29, 0.717) is 13.0 Å². The molecule has 1 aliphatic rings. The van der Waals surface area contributed by atoms with E-state index in [1.165, 1.54) is 0 Å². The maximum absolute atomic E-state index is 12.7. The van der Waals surface area contributed by atoms with Crippen molar-refractivity contribution >= 4 is 33.3 Å². The second-order valence-electron chi connectivity index (χ2n) is 6.94. The SMILES string of the molecule is CO[C@@H]1CC[C@H](C(=O)NCc2ccccn2)C[C@H]1Nc1ncnc2sccc12. The maximum Gasteiger partial charge on any atom is 0.223 e. The van der Waals surface area contributed by atoms with E-state index < -0.39 is 0 Å². The molecule has 3 aromatic heterocycles. The van der Waals surface area contributed by atoms with Crippen LogP contribution in [0.3, 0.4) is 0 Å². The third kappa shape index (κ3) is 4.13. The van der Waals surface area contributed by atoms with E-state index in [9.17, 15) is 4.79 Å². The zero-order valence-corrected chi connectivity index (χ0v) is 16.5. The fourth-order valence-electron chi connectivity index (χ4n) is 3.72. The Morgan fingerprint density at radius 1 is 1.25 bits per heavy atom. The Morgan fingerprint density at radius 2 is 2.18 bits per heavy atom. The smallest absolute Gasteiger partial charge is 0.223 e. The van der Waals surface area contributed by atoms with E-state index in [2.05, 4.69) is 25.6 Å². The molecule has 3 heterocycles. The van der Waals surface area contributed by atoms with Crippen LogP contribution in [-0.4, -0.2) is 40.1 Å². The van der Waals surface area contributed by atoms with E-state index in [1.54, 1.807) is 31.0 Å². The number of fused-ring (bicyclic) bond motifs is 1. The standard InChI is InChI=1S/C20H23N5O2S/c1-27-17-6-5-13(19(26)22-11-14-4-2-3-8-21-14)10-16(17)25-18-15-7-9-28-20(15)24-12-23-18/h2-4,7-9,12-13,16-17H,5-6,10-11H2,1H3,(H,22,26)(H,23,24,25)/t13-,16+,17+/m0/s1. The quantitative estimate of drug-likeness (QED) is 0.665. The van der Waals surface area contributed by atoms with Crippen molar-refractivity contribution in [2.45, 2.75) is 38.0 Å². The number of nitrogens with one attached hydrogen (secondary N) is 2. The van der Waals surface area contributed by atoms with Gasteiger partial charge in [0.15, 0.2) is 0 Å². The Bertz CT molecular complexity index is 933. The molecule has 1 saturated carbocycles. The minimum absolute atomic E-state index is 0.0161. The topological polar surface area (TPSA) is 89.0 Å². The zero-order valence-electron chi connectivity index (χ0n) is 15.7. The highest BCUT2D eigenvalue weighted by atomic mass is 32.1. The molecule has 1 amide bonds. The molecule has 3 aromatic rings. The van der Waals surface area contributed by atoms with Crippen LogP contribution in [0.25, 0.3) is 10.2 Å². The molecule has 0 unspecified atom stereocenters. The lowest BCUT2D eigenvalue weighted by Gasteiger charge is -2.35. The normalized spacial score (nSPS) is 22.1. The lowest BCUT2D eigenvalue weighted by molar-refractivity contribution is -0.127. The van der Waals surface area contributed by atoms with Gasteiger partial charge in [-0.1, -0.05) is 6.07 Å². The largest absolute Gasteiger partial charge is 0.379 e. The van der Waals surface area contributed by atoms with Crippen LogP contribution >= 0.6 is 11.3 Å². The minimum atomic E-state index is -0.0626. The number of methoxy groups -OCH3 is 1. The fraction of sp³-hybridized carbons (Fsp3) is 0.400. The highest BCUT2D eigenvalue weighted by Gasteiger charge is 2.34. The van der Waals surface area contributed by atoms with Gasteiger partial charge in [0.25, 0.3) is 0 Å². The summed E-state index contributed by atoms with van der Waals surface area (Å²) in [4.78, 5) is 26.6. The van der Waals surface area contributed by atoms with Gasteiger partial charge in [0.2, 0.25) is 5.91 Å². The van der Waals surface area contributed by atoms with Crippen LogP contribution in [0.4, 0.5) is 5.82 Å². The molecule has 0 aliphatic heterocycles. The van der Waals surface area contributed by atoms with Crippen molar-refractivity contribution in [1.82, 2.24) is 20.3 Å². The summed E-state index contributed by atoms with van der Waals surface area (Å²) >= 11 is 1.59. The van der Waals surface area contributed by atoms with E-state index in [0.717, 1.165) is 34.6 Å². The van der Waals surface area contributed by atoms with Gasteiger partial charge in [-0.2, -0.15) is 0 Å². The number of anilines is 1. The van der Waals surface area contributed by atoms with E-state index in [-0.39, 0.29) is 24.0 Å².